The van der Waals surface area contributed by atoms with Gasteiger partial charge in [0.05, 0.1) is 5.92 Å². The average Bonchev–Trinajstić information content (AvgIpc) is 2.85. The quantitative estimate of drug-likeness (QED) is 0.722. The van der Waals surface area contributed by atoms with E-state index in [1.807, 2.05) is 0 Å². The van der Waals surface area contributed by atoms with E-state index in [9.17, 15) is 14.4 Å². The predicted octanol–water partition coefficient (Wildman–Crippen LogP) is 0.121. The molecule has 0 saturated carbocycles. The fourth-order valence-corrected chi connectivity index (χ4v) is 1.92. The van der Waals surface area contributed by atoms with Crippen LogP contribution < -0.4 is 16.0 Å². The first-order chi connectivity index (χ1) is 9.10. The monoisotopic (exact) mass is 261 g/mol. The molecule has 1 unspecified atom stereocenters. The van der Waals surface area contributed by atoms with Gasteiger partial charge in [0.1, 0.15) is 0 Å². The molecule has 1 aliphatic heterocycles. The zero-order valence-corrected chi connectivity index (χ0v) is 10.5. The number of nitrogens with one attached hydrogen (secondary N) is 3. The Morgan fingerprint density at radius 2 is 2.16 bits per heavy atom. The van der Waals surface area contributed by atoms with Crippen molar-refractivity contribution in [3.63, 3.8) is 0 Å². The smallest absolute Gasteiger partial charge is 0.251 e. The summed E-state index contributed by atoms with van der Waals surface area (Å²) in [5.41, 5.74) is 1.02. The molecule has 19 heavy (non-hydrogen) atoms. The summed E-state index contributed by atoms with van der Waals surface area (Å²) in [7, 11) is 1.55. The standard InChI is InChI=1S/C13H15N3O3/c1-14-12(18)8-3-2-4-10(5-8)16-13(19)9-6-11(17)15-7-9/h2-5,9H,6-7H2,1H3,(H,14,18)(H,15,17)(H,16,19). The average molecular weight is 261 g/mol. The third-order valence-electron chi connectivity index (χ3n) is 2.97. The molecule has 100 valence electrons. The van der Waals surface area contributed by atoms with E-state index in [2.05, 4.69) is 16.0 Å². The number of rotatable bonds is 3. The van der Waals surface area contributed by atoms with Crippen molar-refractivity contribution in [3.05, 3.63) is 29.8 Å². The molecular weight excluding hydrogens is 246 g/mol. The highest BCUT2D eigenvalue weighted by Crippen LogP contribution is 2.15. The third-order valence-corrected chi connectivity index (χ3v) is 2.97. The van der Waals surface area contributed by atoms with Crippen LogP contribution in [0, 0.1) is 5.92 Å². The Balaban J connectivity index is 2.04. The predicted molar refractivity (Wildman–Crippen MR) is 69.6 cm³/mol. The molecule has 3 amide bonds. The van der Waals surface area contributed by atoms with E-state index >= 15 is 0 Å². The highest BCUT2D eigenvalue weighted by atomic mass is 16.2. The minimum Gasteiger partial charge on any atom is -0.355 e. The highest BCUT2D eigenvalue weighted by molar-refractivity contribution is 5.99. The molecule has 1 saturated heterocycles. The molecule has 0 spiro atoms. The molecule has 1 aromatic rings. The van der Waals surface area contributed by atoms with Crippen molar-refractivity contribution in [2.45, 2.75) is 6.42 Å². The third kappa shape index (κ3) is 3.09. The molecule has 1 atom stereocenters. The molecule has 0 bridgehead atoms. The van der Waals surface area contributed by atoms with Crippen molar-refractivity contribution >= 4 is 23.4 Å². The molecule has 3 N–H and O–H groups in total. The van der Waals surface area contributed by atoms with Crippen LogP contribution in [-0.2, 0) is 9.59 Å². The number of amides is 3. The van der Waals surface area contributed by atoms with Gasteiger partial charge in [0.25, 0.3) is 5.91 Å². The Morgan fingerprint density at radius 3 is 2.79 bits per heavy atom. The molecular formula is C13H15N3O3. The Labute approximate surface area is 110 Å². The minimum atomic E-state index is -0.351. The maximum Gasteiger partial charge on any atom is 0.251 e. The van der Waals surface area contributed by atoms with Crippen LogP contribution in [0.5, 0.6) is 0 Å². The molecule has 1 heterocycles. The number of hydrogen-bond donors (Lipinski definition) is 3. The molecule has 6 heteroatoms. The van der Waals surface area contributed by atoms with Crippen molar-refractivity contribution in [1.82, 2.24) is 10.6 Å². The molecule has 0 aliphatic carbocycles. The van der Waals surface area contributed by atoms with Gasteiger partial charge in [-0.05, 0) is 18.2 Å². The Hall–Kier alpha value is -2.37. The van der Waals surface area contributed by atoms with E-state index in [-0.39, 0.29) is 30.1 Å². The van der Waals surface area contributed by atoms with Crippen LogP contribution in [0.15, 0.2) is 24.3 Å². The summed E-state index contributed by atoms with van der Waals surface area (Å²) < 4.78 is 0. The first-order valence-corrected chi connectivity index (χ1v) is 6.00. The first-order valence-electron chi connectivity index (χ1n) is 6.00. The highest BCUT2D eigenvalue weighted by Gasteiger charge is 2.27. The molecule has 0 aromatic heterocycles. The van der Waals surface area contributed by atoms with Crippen LogP contribution in [0.3, 0.4) is 0 Å². The number of carbonyl (C=O) groups is 3. The van der Waals surface area contributed by atoms with Crippen molar-refractivity contribution in [2.24, 2.45) is 5.92 Å². The van der Waals surface area contributed by atoms with Gasteiger partial charge in [-0.25, -0.2) is 0 Å². The SMILES string of the molecule is CNC(=O)c1cccc(NC(=O)C2CNC(=O)C2)c1. The van der Waals surface area contributed by atoms with Gasteiger partial charge in [0.2, 0.25) is 11.8 Å². The number of anilines is 1. The van der Waals surface area contributed by atoms with Crippen LogP contribution in [-0.4, -0.2) is 31.3 Å². The van der Waals surface area contributed by atoms with E-state index in [0.29, 0.717) is 17.8 Å². The number of benzene rings is 1. The fourth-order valence-electron chi connectivity index (χ4n) is 1.92. The molecule has 2 rings (SSSR count). The van der Waals surface area contributed by atoms with Gasteiger partial charge in [-0.2, -0.15) is 0 Å². The molecule has 1 aromatic carbocycles. The van der Waals surface area contributed by atoms with Crippen molar-refractivity contribution in [1.29, 1.82) is 0 Å². The van der Waals surface area contributed by atoms with Gasteiger partial charge in [0.15, 0.2) is 0 Å². The number of carbonyl (C=O) groups excluding carboxylic acids is 3. The lowest BCUT2D eigenvalue weighted by Gasteiger charge is -2.10. The molecule has 1 aliphatic rings. The largest absolute Gasteiger partial charge is 0.355 e. The molecule has 1 fully saturated rings. The van der Waals surface area contributed by atoms with E-state index in [4.69, 9.17) is 0 Å². The first kappa shape index (κ1) is 13.1. The Morgan fingerprint density at radius 1 is 1.37 bits per heavy atom. The van der Waals surface area contributed by atoms with E-state index < -0.39 is 0 Å². The fraction of sp³-hybridized carbons (Fsp3) is 0.308. The van der Waals surface area contributed by atoms with Crippen molar-refractivity contribution in [3.8, 4) is 0 Å². The van der Waals surface area contributed by atoms with Crippen LogP contribution in [0.4, 0.5) is 5.69 Å². The van der Waals surface area contributed by atoms with Gasteiger partial charge in [-0.15, -0.1) is 0 Å². The summed E-state index contributed by atoms with van der Waals surface area (Å²) in [5.74, 6) is -0.892. The second-order valence-electron chi connectivity index (χ2n) is 4.35. The summed E-state index contributed by atoms with van der Waals surface area (Å²) in [6, 6.07) is 6.66. The lowest BCUT2D eigenvalue weighted by atomic mass is 10.1. The summed E-state index contributed by atoms with van der Waals surface area (Å²) in [5, 5.41) is 7.84. The zero-order chi connectivity index (χ0) is 13.8. The van der Waals surface area contributed by atoms with Crippen LogP contribution in [0.2, 0.25) is 0 Å². The summed E-state index contributed by atoms with van der Waals surface area (Å²) in [6.07, 6.45) is 0.209. The lowest BCUT2D eigenvalue weighted by Crippen LogP contribution is -2.25. The van der Waals surface area contributed by atoms with Crippen molar-refractivity contribution < 1.29 is 14.4 Å². The van der Waals surface area contributed by atoms with Gasteiger partial charge in [0, 0.05) is 31.3 Å². The summed E-state index contributed by atoms with van der Waals surface area (Å²) in [6.45, 7) is 0.361. The Kier molecular flexibility index (Phi) is 3.79. The maximum absolute atomic E-state index is 11.9. The number of hydrogen-bond acceptors (Lipinski definition) is 3. The Bertz CT molecular complexity index is 528. The van der Waals surface area contributed by atoms with E-state index in [1.54, 1.807) is 31.3 Å². The molecule has 6 nitrogen and oxygen atoms in total. The minimum absolute atomic E-state index is 0.112. The zero-order valence-electron chi connectivity index (χ0n) is 10.5. The van der Waals surface area contributed by atoms with E-state index in [1.165, 1.54) is 0 Å². The summed E-state index contributed by atoms with van der Waals surface area (Å²) >= 11 is 0. The van der Waals surface area contributed by atoms with Crippen molar-refractivity contribution in [2.75, 3.05) is 18.9 Å². The second-order valence-corrected chi connectivity index (χ2v) is 4.35. The summed E-state index contributed by atoms with van der Waals surface area (Å²) in [4.78, 5) is 34.4. The van der Waals surface area contributed by atoms with Gasteiger partial charge >= 0.3 is 0 Å². The van der Waals surface area contributed by atoms with E-state index in [0.717, 1.165) is 0 Å². The lowest BCUT2D eigenvalue weighted by molar-refractivity contribution is -0.123. The maximum atomic E-state index is 11.9. The van der Waals surface area contributed by atoms with Gasteiger partial charge < -0.3 is 16.0 Å². The second kappa shape index (κ2) is 5.51. The topological polar surface area (TPSA) is 87.3 Å². The van der Waals surface area contributed by atoms with Crippen LogP contribution in [0.1, 0.15) is 16.8 Å². The van der Waals surface area contributed by atoms with Crippen LogP contribution in [0.25, 0.3) is 0 Å². The van der Waals surface area contributed by atoms with Gasteiger partial charge in [-0.1, -0.05) is 6.07 Å². The van der Waals surface area contributed by atoms with Crippen LogP contribution >= 0.6 is 0 Å². The van der Waals surface area contributed by atoms with Gasteiger partial charge in [-0.3, -0.25) is 14.4 Å². The molecule has 0 radical (unpaired) electrons. The normalized spacial score (nSPS) is 17.7.